The van der Waals surface area contributed by atoms with E-state index in [9.17, 15) is 9.59 Å². The van der Waals surface area contributed by atoms with Crippen molar-refractivity contribution in [3.8, 4) is 0 Å². The first-order valence-electron chi connectivity index (χ1n) is 10.7. The number of halogens is 1. The summed E-state index contributed by atoms with van der Waals surface area (Å²) >= 11 is 6.22. The minimum absolute atomic E-state index is 0.164. The van der Waals surface area contributed by atoms with E-state index in [1.54, 1.807) is 12.4 Å². The van der Waals surface area contributed by atoms with Gasteiger partial charge in [0.2, 0.25) is 5.91 Å². The maximum absolute atomic E-state index is 13.3. The van der Waals surface area contributed by atoms with E-state index >= 15 is 0 Å². The Morgan fingerprint density at radius 3 is 2.87 bits per heavy atom. The highest BCUT2D eigenvalue weighted by molar-refractivity contribution is 6.31. The predicted octanol–water partition coefficient (Wildman–Crippen LogP) is 4.61. The van der Waals surface area contributed by atoms with Crippen LogP contribution in [0.3, 0.4) is 0 Å². The number of carbonyl (C=O) groups excluding carboxylic acids is 2. The van der Waals surface area contributed by atoms with Crippen LogP contribution < -0.4 is 4.90 Å². The zero-order chi connectivity index (χ0) is 21.6. The molecule has 0 N–H and O–H groups in total. The molecule has 0 unspecified atom stereocenters. The monoisotopic (exact) mass is 437 g/mol. The van der Waals surface area contributed by atoms with Crippen molar-refractivity contribution in [1.29, 1.82) is 0 Å². The van der Waals surface area contributed by atoms with Crippen molar-refractivity contribution < 1.29 is 14.3 Å². The topological polar surface area (TPSA) is 64.4 Å². The number of esters is 1. The van der Waals surface area contributed by atoms with E-state index in [0.29, 0.717) is 37.6 Å². The number of fused-ring (bicyclic) bond motifs is 3. The molecule has 5 rings (SSSR count). The quantitative estimate of drug-likeness (QED) is 0.506. The molecule has 0 saturated heterocycles. The second-order valence-electron chi connectivity index (χ2n) is 8.27. The van der Waals surface area contributed by atoms with Gasteiger partial charge in [-0.1, -0.05) is 11.6 Å². The molecule has 0 atom stereocenters. The molecule has 1 aromatic carbocycles. The zero-order valence-corrected chi connectivity index (χ0v) is 18.2. The Labute approximate surface area is 185 Å². The SMILES string of the molecule is CCOC(=O)CCCn1c(CN2C(=O)C3(CC3)c3ccncc32)cc2cc(Cl)ccc21. The van der Waals surface area contributed by atoms with Gasteiger partial charge in [-0.2, -0.15) is 0 Å². The molecular formula is C24H24ClN3O3. The predicted molar refractivity (Wildman–Crippen MR) is 119 cm³/mol. The van der Waals surface area contributed by atoms with E-state index in [0.717, 1.165) is 40.7 Å². The number of pyridine rings is 1. The number of anilines is 1. The summed E-state index contributed by atoms with van der Waals surface area (Å²) < 4.78 is 7.25. The third-order valence-electron chi connectivity index (χ3n) is 6.35. The molecule has 7 heteroatoms. The molecule has 3 heterocycles. The van der Waals surface area contributed by atoms with Crippen molar-refractivity contribution in [2.75, 3.05) is 11.5 Å². The summed E-state index contributed by atoms with van der Waals surface area (Å²) in [4.78, 5) is 31.2. The Hall–Kier alpha value is -2.86. The molecule has 31 heavy (non-hydrogen) atoms. The van der Waals surface area contributed by atoms with Crippen LogP contribution in [0.4, 0.5) is 5.69 Å². The number of amides is 1. The second-order valence-corrected chi connectivity index (χ2v) is 8.70. The second kappa shape index (κ2) is 7.68. The van der Waals surface area contributed by atoms with E-state index in [2.05, 4.69) is 15.6 Å². The highest BCUT2D eigenvalue weighted by Crippen LogP contribution is 2.57. The van der Waals surface area contributed by atoms with Gasteiger partial charge in [0.15, 0.2) is 0 Å². The molecule has 2 aliphatic rings. The van der Waals surface area contributed by atoms with Gasteiger partial charge in [0.1, 0.15) is 0 Å². The fourth-order valence-corrected chi connectivity index (χ4v) is 4.91. The van der Waals surface area contributed by atoms with Gasteiger partial charge in [0.25, 0.3) is 0 Å². The van der Waals surface area contributed by atoms with Crippen molar-refractivity contribution in [3.05, 3.63) is 59.0 Å². The summed E-state index contributed by atoms with van der Waals surface area (Å²) in [5.74, 6) is -0.0224. The molecule has 2 aromatic heterocycles. The Balaban J connectivity index is 1.47. The summed E-state index contributed by atoms with van der Waals surface area (Å²) in [6.45, 7) is 3.32. The van der Waals surface area contributed by atoms with Crippen molar-refractivity contribution in [2.45, 2.75) is 51.1 Å². The lowest BCUT2D eigenvalue weighted by Crippen LogP contribution is -2.32. The summed E-state index contributed by atoms with van der Waals surface area (Å²) in [5.41, 5.74) is 3.72. The van der Waals surface area contributed by atoms with Crippen molar-refractivity contribution in [2.24, 2.45) is 0 Å². The first kappa shape index (κ1) is 20.1. The van der Waals surface area contributed by atoms with Crippen LogP contribution in [0, 0.1) is 0 Å². The number of hydrogen-bond acceptors (Lipinski definition) is 4. The minimum atomic E-state index is -0.345. The summed E-state index contributed by atoms with van der Waals surface area (Å²) in [6, 6.07) is 9.87. The van der Waals surface area contributed by atoms with Gasteiger partial charge >= 0.3 is 5.97 Å². The molecule has 1 saturated carbocycles. The van der Waals surface area contributed by atoms with Crippen LogP contribution in [0.2, 0.25) is 5.02 Å². The van der Waals surface area contributed by atoms with Crippen LogP contribution in [-0.2, 0) is 32.8 Å². The highest BCUT2D eigenvalue weighted by atomic mass is 35.5. The standard InChI is InChI=1S/C24H24ClN3O3/c1-2-31-22(29)4-3-11-27-18(13-16-12-17(25)5-6-20(16)27)15-28-21-14-26-10-7-19(21)24(8-9-24)23(28)30/h5-7,10,12-14H,2-4,8-9,11,15H2,1H3. The van der Waals surface area contributed by atoms with Gasteiger partial charge in [-0.15, -0.1) is 0 Å². The average molecular weight is 438 g/mol. The van der Waals surface area contributed by atoms with Crippen LogP contribution in [0.15, 0.2) is 42.7 Å². The maximum Gasteiger partial charge on any atom is 0.305 e. The van der Waals surface area contributed by atoms with Gasteiger partial charge < -0.3 is 14.2 Å². The third-order valence-corrected chi connectivity index (χ3v) is 6.58. The fraction of sp³-hybridized carbons (Fsp3) is 0.375. The van der Waals surface area contributed by atoms with Crippen LogP contribution in [-0.4, -0.2) is 28.0 Å². The number of aryl methyl sites for hydroxylation is 1. The van der Waals surface area contributed by atoms with E-state index < -0.39 is 0 Å². The van der Waals surface area contributed by atoms with Gasteiger partial charge in [0.05, 0.1) is 30.5 Å². The number of aromatic nitrogens is 2. The van der Waals surface area contributed by atoms with Crippen molar-refractivity contribution in [3.63, 3.8) is 0 Å². The number of carbonyl (C=O) groups is 2. The largest absolute Gasteiger partial charge is 0.466 e. The molecule has 1 fully saturated rings. The van der Waals surface area contributed by atoms with E-state index in [1.807, 2.05) is 36.1 Å². The number of benzene rings is 1. The Bertz CT molecular complexity index is 1180. The van der Waals surface area contributed by atoms with E-state index in [1.165, 1.54) is 0 Å². The van der Waals surface area contributed by atoms with Crippen LogP contribution in [0.5, 0.6) is 0 Å². The molecule has 1 aliphatic carbocycles. The lowest BCUT2D eigenvalue weighted by Gasteiger charge is -2.19. The normalized spacial score (nSPS) is 16.2. The lowest BCUT2D eigenvalue weighted by molar-refractivity contribution is -0.143. The van der Waals surface area contributed by atoms with Gasteiger partial charge in [-0.3, -0.25) is 14.6 Å². The van der Waals surface area contributed by atoms with Crippen molar-refractivity contribution in [1.82, 2.24) is 9.55 Å². The van der Waals surface area contributed by atoms with Gasteiger partial charge in [-0.25, -0.2) is 0 Å². The first-order chi connectivity index (χ1) is 15.0. The van der Waals surface area contributed by atoms with Gasteiger partial charge in [0, 0.05) is 40.8 Å². The summed E-state index contributed by atoms with van der Waals surface area (Å²) in [6.07, 6.45) is 6.39. The molecule has 160 valence electrons. The molecule has 6 nitrogen and oxygen atoms in total. The average Bonchev–Trinajstić information content (AvgIpc) is 3.45. The fourth-order valence-electron chi connectivity index (χ4n) is 4.72. The molecular weight excluding hydrogens is 414 g/mol. The van der Waals surface area contributed by atoms with Crippen LogP contribution in [0.1, 0.15) is 43.9 Å². The number of ether oxygens (including phenoxy) is 1. The van der Waals surface area contributed by atoms with Gasteiger partial charge in [-0.05, 0) is 62.1 Å². The van der Waals surface area contributed by atoms with E-state index in [4.69, 9.17) is 16.3 Å². The maximum atomic E-state index is 13.3. The highest BCUT2D eigenvalue weighted by Gasteiger charge is 2.59. The molecule has 0 radical (unpaired) electrons. The zero-order valence-electron chi connectivity index (χ0n) is 17.4. The number of rotatable bonds is 7. The van der Waals surface area contributed by atoms with Crippen LogP contribution >= 0.6 is 11.6 Å². The smallest absolute Gasteiger partial charge is 0.305 e. The molecule has 1 aliphatic heterocycles. The Kier molecular flexibility index (Phi) is 4.97. The molecule has 3 aromatic rings. The van der Waals surface area contributed by atoms with Crippen molar-refractivity contribution >= 4 is 40.1 Å². The number of hydrogen-bond donors (Lipinski definition) is 0. The first-order valence-corrected chi connectivity index (χ1v) is 11.1. The number of nitrogens with zero attached hydrogens (tertiary/aromatic N) is 3. The third kappa shape index (κ3) is 3.39. The Morgan fingerprint density at radius 1 is 1.26 bits per heavy atom. The Morgan fingerprint density at radius 2 is 2.10 bits per heavy atom. The molecule has 1 amide bonds. The van der Waals surface area contributed by atoms with E-state index in [-0.39, 0.29) is 17.3 Å². The summed E-state index contributed by atoms with van der Waals surface area (Å²) in [5, 5.41) is 1.70. The summed E-state index contributed by atoms with van der Waals surface area (Å²) in [7, 11) is 0. The molecule has 1 spiro atoms. The minimum Gasteiger partial charge on any atom is -0.466 e. The van der Waals surface area contributed by atoms with Crippen LogP contribution in [0.25, 0.3) is 10.9 Å². The lowest BCUT2D eigenvalue weighted by atomic mass is 9.99. The molecule has 0 bridgehead atoms.